The van der Waals surface area contributed by atoms with Crippen LogP contribution in [0, 0.1) is 0 Å². The summed E-state index contributed by atoms with van der Waals surface area (Å²) in [6.45, 7) is 5.04. The molecule has 0 aliphatic carbocycles. The van der Waals surface area contributed by atoms with Crippen LogP contribution < -0.4 is 9.64 Å². The summed E-state index contributed by atoms with van der Waals surface area (Å²) in [7, 11) is 0. The minimum Gasteiger partial charge on any atom is -0.494 e. The van der Waals surface area contributed by atoms with Gasteiger partial charge in [0.2, 0.25) is 0 Å². The second-order valence-corrected chi connectivity index (χ2v) is 6.48. The van der Waals surface area contributed by atoms with Crippen molar-refractivity contribution in [2.45, 2.75) is 38.5 Å². The van der Waals surface area contributed by atoms with Crippen LogP contribution >= 0.6 is 0 Å². The lowest BCUT2D eigenvalue weighted by Crippen LogP contribution is -3.09. The topological polar surface area (TPSA) is 13.7 Å². The summed E-state index contributed by atoms with van der Waals surface area (Å²) in [6.07, 6.45) is 8.07. The molecule has 1 N–H and O–H groups in total. The quantitative estimate of drug-likeness (QED) is 0.737. The SMILES string of the molecule is c1ccc2cc(OCCCCCC[NH+]3CCCC3)ccc2c1. The molecule has 0 unspecified atom stereocenters. The lowest BCUT2D eigenvalue weighted by atomic mass is 10.1. The first-order valence-electron chi connectivity index (χ1n) is 8.87. The van der Waals surface area contributed by atoms with Crippen LogP contribution in [-0.4, -0.2) is 26.2 Å². The Bertz CT molecular complexity index is 575. The van der Waals surface area contributed by atoms with Gasteiger partial charge in [-0.1, -0.05) is 30.3 Å². The standard InChI is InChI=1S/C20H27NO/c1(5-13-21-14-6-7-15-21)2-8-16-22-20-12-11-18-9-3-4-10-19(18)17-20/h3-4,9-12,17H,1-2,5-8,13-16H2/p+1. The molecule has 1 aliphatic heterocycles. The summed E-state index contributed by atoms with van der Waals surface area (Å²) < 4.78 is 5.89. The maximum atomic E-state index is 5.89. The molecular formula is C20H28NO+. The number of benzene rings is 2. The minimum atomic E-state index is 0.842. The van der Waals surface area contributed by atoms with Crippen molar-refractivity contribution in [1.29, 1.82) is 0 Å². The van der Waals surface area contributed by atoms with Crippen LogP contribution in [0.3, 0.4) is 0 Å². The highest BCUT2D eigenvalue weighted by Crippen LogP contribution is 2.20. The van der Waals surface area contributed by atoms with Crippen molar-refractivity contribution in [3.05, 3.63) is 42.5 Å². The number of hydrogen-bond donors (Lipinski definition) is 1. The number of fused-ring (bicyclic) bond motifs is 1. The van der Waals surface area contributed by atoms with Gasteiger partial charge in [0.05, 0.1) is 26.2 Å². The number of unbranched alkanes of at least 4 members (excludes halogenated alkanes) is 3. The van der Waals surface area contributed by atoms with Gasteiger partial charge >= 0.3 is 0 Å². The number of ether oxygens (including phenoxy) is 1. The molecule has 1 saturated heterocycles. The summed E-state index contributed by atoms with van der Waals surface area (Å²) >= 11 is 0. The van der Waals surface area contributed by atoms with E-state index in [1.54, 1.807) is 0 Å². The number of likely N-dealkylation sites (tertiary alicyclic amines) is 1. The lowest BCUT2D eigenvalue weighted by Gasteiger charge is -2.11. The fourth-order valence-electron chi connectivity index (χ4n) is 3.40. The molecule has 0 saturated carbocycles. The lowest BCUT2D eigenvalue weighted by molar-refractivity contribution is -0.887. The molecule has 2 nitrogen and oxygen atoms in total. The molecule has 0 amide bonds. The molecule has 2 aromatic carbocycles. The van der Waals surface area contributed by atoms with Crippen LogP contribution in [0.25, 0.3) is 10.8 Å². The summed E-state index contributed by atoms with van der Waals surface area (Å²) in [5.41, 5.74) is 0. The van der Waals surface area contributed by atoms with Crippen molar-refractivity contribution in [1.82, 2.24) is 0 Å². The number of rotatable bonds is 8. The van der Waals surface area contributed by atoms with Crippen molar-refractivity contribution in [3.63, 3.8) is 0 Å². The Hall–Kier alpha value is -1.54. The molecule has 0 bridgehead atoms. The van der Waals surface area contributed by atoms with Gasteiger partial charge in [-0.25, -0.2) is 0 Å². The van der Waals surface area contributed by atoms with E-state index >= 15 is 0 Å². The molecule has 1 aliphatic rings. The summed E-state index contributed by atoms with van der Waals surface area (Å²) in [5, 5.41) is 2.54. The molecular weight excluding hydrogens is 270 g/mol. The van der Waals surface area contributed by atoms with Crippen molar-refractivity contribution >= 4 is 10.8 Å². The van der Waals surface area contributed by atoms with Crippen LogP contribution in [0.4, 0.5) is 0 Å². The highest BCUT2D eigenvalue weighted by atomic mass is 16.5. The third kappa shape index (κ3) is 4.48. The molecule has 0 aromatic heterocycles. The zero-order valence-electron chi connectivity index (χ0n) is 13.5. The average molecular weight is 298 g/mol. The summed E-state index contributed by atoms with van der Waals surface area (Å²) in [5.74, 6) is 1.00. The fraction of sp³-hybridized carbons (Fsp3) is 0.500. The second-order valence-electron chi connectivity index (χ2n) is 6.48. The summed E-state index contributed by atoms with van der Waals surface area (Å²) in [6, 6.07) is 14.8. The Labute approximate surface area is 134 Å². The number of hydrogen-bond acceptors (Lipinski definition) is 1. The van der Waals surface area contributed by atoms with E-state index in [9.17, 15) is 0 Å². The molecule has 0 atom stereocenters. The zero-order chi connectivity index (χ0) is 15.0. The highest BCUT2D eigenvalue weighted by Gasteiger charge is 2.13. The fourth-order valence-corrected chi connectivity index (χ4v) is 3.40. The van der Waals surface area contributed by atoms with Gasteiger partial charge in [0.1, 0.15) is 5.75 Å². The third-order valence-corrected chi connectivity index (χ3v) is 4.72. The Balaban J connectivity index is 1.30. The van der Waals surface area contributed by atoms with Gasteiger partial charge in [-0.05, 0) is 48.6 Å². The number of nitrogens with one attached hydrogen (secondary N) is 1. The molecule has 1 heterocycles. The van der Waals surface area contributed by atoms with Gasteiger partial charge in [0.15, 0.2) is 0 Å². The van der Waals surface area contributed by atoms with E-state index in [-0.39, 0.29) is 0 Å². The van der Waals surface area contributed by atoms with Gasteiger partial charge in [-0.2, -0.15) is 0 Å². The minimum absolute atomic E-state index is 0.842. The van der Waals surface area contributed by atoms with Crippen molar-refractivity contribution in [3.8, 4) is 5.75 Å². The highest BCUT2D eigenvalue weighted by molar-refractivity contribution is 5.83. The first-order chi connectivity index (χ1) is 10.9. The van der Waals surface area contributed by atoms with E-state index < -0.39 is 0 Å². The largest absolute Gasteiger partial charge is 0.494 e. The molecule has 2 aromatic rings. The van der Waals surface area contributed by atoms with E-state index in [4.69, 9.17) is 4.74 Å². The third-order valence-electron chi connectivity index (χ3n) is 4.72. The first kappa shape index (κ1) is 15.4. The smallest absolute Gasteiger partial charge is 0.119 e. The molecule has 2 heteroatoms. The van der Waals surface area contributed by atoms with Crippen molar-refractivity contribution in [2.24, 2.45) is 0 Å². The molecule has 1 fully saturated rings. The Kier molecular flexibility index (Phi) is 5.72. The predicted molar refractivity (Wildman–Crippen MR) is 92.7 cm³/mol. The van der Waals surface area contributed by atoms with E-state index in [1.165, 1.54) is 68.9 Å². The van der Waals surface area contributed by atoms with E-state index in [1.807, 2.05) is 4.90 Å². The molecule has 118 valence electrons. The van der Waals surface area contributed by atoms with Gasteiger partial charge in [0, 0.05) is 12.8 Å². The van der Waals surface area contributed by atoms with Gasteiger partial charge in [-0.3, -0.25) is 0 Å². The Morgan fingerprint density at radius 1 is 0.818 bits per heavy atom. The second kappa shape index (κ2) is 8.19. The maximum Gasteiger partial charge on any atom is 0.119 e. The van der Waals surface area contributed by atoms with Crippen LogP contribution in [-0.2, 0) is 0 Å². The van der Waals surface area contributed by atoms with Crippen LogP contribution in [0.5, 0.6) is 5.75 Å². The first-order valence-corrected chi connectivity index (χ1v) is 8.87. The van der Waals surface area contributed by atoms with Crippen molar-refractivity contribution < 1.29 is 9.64 Å². The molecule has 0 spiro atoms. The normalized spacial score (nSPS) is 15.5. The molecule has 3 rings (SSSR count). The molecule has 22 heavy (non-hydrogen) atoms. The van der Waals surface area contributed by atoms with E-state index in [2.05, 4.69) is 42.5 Å². The van der Waals surface area contributed by atoms with Gasteiger partial charge in [-0.15, -0.1) is 0 Å². The summed E-state index contributed by atoms with van der Waals surface area (Å²) in [4.78, 5) is 1.83. The number of quaternary nitrogens is 1. The Morgan fingerprint density at radius 2 is 1.59 bits per heavy atom. The molecule has 0 radical (unpaired) electrons. The van der Waals surface area contributed by atoms with E-state index in [0.717, 1.165) is 12.4 Å². The predicted octanol–water partition coefficient (Wildman–Crippen LogP) is 3.46. The van der Waals surface area contributed by atoms with Crippen molar-refractivity contribution in [2.75, 3.05) is 26.2 Å². The monoisotopic (exact) mass is 298 g/mol. The van der Waals surface area contributed by atoms with Crippen LogP contribution in [0.2, 0.25) is 0 Å². The average Bonchev–Trinajstić information content (AvgIpc) is 3.07. The van der Waals surface area contributed by atoms with E-state index in [0.29, 0.717) is 0 Å². The van der Waals surface area contributed by atoms with Gasteiger partial charge in [0.25, 0.3) is 0 Å². The Morgan fingerprint density at radius 3 is 2.45 bits per heavy atom. The van der Waals surface area contributed by atoms with Crippen LogP contribution in [0.1, 0.15) is 38.5 Å². The van der Waals surface area contributed by atoms with Gasteiger partial charge < -0.3 is 9.64 Å². The maximum absolute atomic E-state index is 5.89. The van der Waals surface area contributed by atoms with Crippen LogP contribution in [0.15, 0.2) is 42.5 Å². The zero-order valence-corrected chi connectivity index (χ0v) is 13.5.